The Hall–Kier alpha value is -1.76. The molecule has 1 amide bonds. The van der Waals surface area contributed by atoms with Crippen LogP contribution in [-0.2, 0) is 11.3 Å². The second-order valence-electron chi connectivity index (χ2n) is 6.90. The summed E-state index contributed by atoms with van der Waals surface area (Å²) in [4.78, 5) is 21.9. The number of para-hydroxylation sites is 1. The summed E-state index contributed by atoms with van der Waals surface area (Å²) >= 11 is 3.40. The van der Waals surface area contributed by atoms with Crippen molar-refractivity contribution in [2.45, 2.75) is 38.4 Å². The van der Waals surface area contributed by atoms with Gasteiger partial charge in [-0.2, -0.15) is 11.3 Å². The van der Waals surface area contributed by atoms with Crippen LogP contribution in [0.5, 0.6) is 0 Å². The first-order valence-electron chi connectivity index (χ1n) is 9.01. The standard InChI is InChI=1S/C20H23N3OS2/c1-14(23-10-5-7-17(23)15-9-11-25-13-15)20(24)22(2)12-19-21-16-6-3-4-8-18(16)26-19/h3-4,6,8-9,11,13-14,17H,5,7,10,12H2,1-2H3. The molecule has 1 aliphatic rings. The number of hydrogen-bond acceptors (Lipinski definition) is 5. The highest BCUT2D eigenvalue weighted by Crippen LogP contribution is 2.35. The van der Waals surface area contributed by atoms with Gasteiger partial charge >= 0.3 is 0 Å². The molecule has 2 unspecified atom stereocenters. The molecule has 0 aliphatic carbocycles. The Bertz CT molecular complexity index is 856. The van der Waals surface area contributed by atoms with Crippen LogP contribution in [0.25, 0.3) is 10.2 Å². The van der Waals surface area contributed by atoms with Gasteiger partial charge in [0.2, 0.25) is 5.91 Å². The number of hydrogen-bond donors (Lipinski definition) is 0. The monoisotopic (exact) mass is 385 g/mol. The Labute approximate surface area is 162 Å². The van der Waals surface area contributed by atoms with Crippen molar-refractivity contribution >= 4 is 38.8 Å². The van der Waals surface area contributed by atoms with Crippen molar-refractivity contribution in [1.29, 1.82) is 0 Å². The van der Waals surface area contributed by atoms with Crippen molar-refractivity contribution < 1.29 is 4.79 Å². The molecule has 2 atom stereocenters. The van der Waals surface area contributed by atoms with Gasteiger partial charge in [-0.3, -0.25) is 9.69 Å². The molecule has 1 fully saturated rings. The van der Waals surface area contributed by atoms with Gasteiger partial charge in [0, 0.05) is 13.1 Å². The second kappa shape index (κ2) is 7.47. The van der Waals surface area contributed by atoms with Gasteiger partial charge in [-0.25, -0.2) is 4.98 Å². The van der Waals surface area contributed by atoms with E-state index >= 15 is 0 Å². The number of benzene rings is 1. The fourth-order valence-electron chi connectivity index (χ4n) is 3.80. The van der Waals surface area contributed by atoms with Crippen LogP contribution in [0.3, 0.4) is 0 Å². The number of rotatable bonds is 5. The van der Waals surface area contributed by atoms with E-state index in [2.05, 4.69) is 32.8 Å². The highest BCUT2D eigenvalue weighted by atomic mass is 32.1. The minimum atomic E-state index is -0.109. The molecule has 1 aromatic carbocycles. The quantitative estimate of drug-likeness (QED) is 0.647. The molecule has 0 spiro atoms. The number of fused-ring (bicyclic) bond motifs is 1. The zero-order valence-electron chi connectivity index (χ0n) is 15.1. The zero-order valence-corrected chi connectivity index (χ0v) is 16.7. The van der Waals surface area contributed by atoms with Gasteiger partial charge in [0.25, 0.3) is 0 Å². The summed E-state index contributed by atoms with van der Waals surface area (Å²) < 4.78 is 1.17. The molecular formula is C20H23N3OS2. The third kappa shape index (κ3) is 3.41. The number of aromatic nitrogens is 1. The summed E-state index contributed by atoms with van der Waals surface area (Å²) in [6, 6.07) is 10.6. The van der Waals surface area contributed by atoms with E-state index in [1.165, 1.54) is 10.3 Å². The predicted molar refractivity (Wildman–Crippen MR) is 109 cm³/mol. The van der Waals surface area contributed by atoms with Crippen LogP contribution >= 0.6 is 22.7 Å². The van der Waals surface area contributed by atoms with Crippen LogP contribution in [0.15, 0.2) is 41.1 Å². The Kier molecular flexibility index (Phi) is 5.07. The lowest BCUT2D eigenvalue weighted by Crippen LogP contribution is -2.45. The third-order valence-corrected chi connectivity index (χ3v) is 6.89. The van der Waals surface area contributed by atoms with Crippen molar-refractivity contribution in [1.82, 2.24) is 14.8 Å². The highest BCUT2D eigenvalue weighted by molar-refractivity contribution is 7.18. The first-order valence-corrected chi connectivity index (χ1v) is 10.8. The summed E-state index contributed by atoms with van der Waals surface area (Å²) in [6.07, 6.45) is 2.29. The molecule has 3 aromatic rings. The molecule has 1 saturated heterocycles. The maximum absolute atomic E-state index is 13.0. The van der Waals surface area contributed by atoms with Gasteiger partial charge in [-0.1, -0.05) is 12.1 Å². The lowest BCUT2D eigenvalue weighted by Gasteiger charge is -2.32. The van der Waals surface area contributed by atoms with Gasteiger partial charge in [0.15, 0.2) is 0 Å². The topological polar surface area (TPSA) is 36.4 Å². The van der Waals surface area contributed by atoms with E-state index in [9.17, 15) is 4.79 Å². The molecule has 4 nitrogen and oxygen atoms in total. The number of thiazole rings is 1. The van der Waals surface area contributed by atoms with Gasteiger partial charge in [-0.05, 0) is 60.8 Å². The molecule has 1 aliphatic heterocycles. The first kappa shape index (κ1) is 17.6. The SMILES string of the molecule is CC(C(=O)N(C)Cc1nc2ccccc2s1)N1CCCC1c1ccsc1. The van der Waals surface area contributed by atoms with Crippen LogP contribution in [-0.4, -0.2) is 40.3 Å². The van der Waals surface area contributed by atoms with E-state index in [4.69, 9.17) is 0 Å². The van der Waals surface area contributed by atoms with E-state index in [-0.39, 0.29) is 11.9 Å². The Morgan fingerprint density at radius 1 is 1.38 bits per heavy atom. The minimum absolute atomic E-state index is 0.109. The van der Waals surface area contributed by atoms with E-state index in [1.807, 2.05) is 37.1 Å². The molecule has 4 rings (SSSR count). The molecule has 136 valence electrons. The lowest BCUT2D eigenvalue weighted by atomic mass is 10.1. The van der Waals surface area contributed by atoms with Crippen molar-refractivity contribution in [2.24, 2.45) is 0 Å². The van der Waals surface area contributed by atoms with E-state index in [1.54, 1.807) is 22.7 Å². The summed E-state index contributed by atoms with van der Waals surface area (Å²) in [7, 11) is 1.89. The normalized spacial score (nSPS) is 19.1. The lowest BCUT2D eigenvalue weighted by molar-refractivity contribution is -0.136. The molecule has 2 aromatic heterocycles. The minimum Gasteiger partial charge on any atom is -0.338 e. The van der Waals surface area contributed by atoms with Crippen LogP contribution in [0, 0.1) is 0 Å². The van der Waals surface area contributed by atoms with Crippen molar-refractivity contribution in [2.75, 3.05) is 13.6 Å². The molecule has 6 heteroatoms. The molecular weight excluding hydrogens is 362 g/mol. The van der Waals surface area contributed by atoms with E-state index in [0.717, 1.165) is 29.9 Å². The van der Waals surface area contributed by atoms with Crippen molar-refractivity contribution in [3.8, 4) is 0 Å². The summed E-state index contributed by atoms with van der Waals surface area (Å²) in [6.45, 7) is 3.60. The van der Waals surface area contributed by atoms with E-state index < -0.39 is 0 Å². The number of likely N-dealkylation sites (N-methyl/N-ethyl adjacent to an activating group) is 1. The highest BCUT2D eigenvalue weighted by Gasteiger charge is 2.34. The number of carbonyl (C=O) groups excluding carboxylic acids is 1. The summed E-state index contributed by atoms with van der Waals surface area (Å²) in [5.41, 5.74) is 2.36. The average molecular weight is 386 g/mol. The number of carbonyl (C=O) groups is 1. The van der Waals surface area contributed by atoms with Gasteiger partial charge in [-0.15, -0.1) is 11.3 Å². The second-order valence-corrected chi connectivity index (χ2v) is 8.79. The van der Waals surface area contributed by atoms with Crippen LogP contribution < -0.4 is 0 Å². The van der Waals surface area contributed by atoms with Crippen LogP contribution in [0.4, 0.5) is 0 Å². The molecule has 26 heavy (non-hydrogen) atoms. The molecule has 0 radical (unpaired) electrons. The predicted octanol–water partition coefficient (Wildman–Crippen LogP) is 4.54. The number of likely N-dealkylation sites (tertiary alicyclic amines) is 1. The maximum Gasteiger partial charge on any atom is 0.239 e. The summed E-state index contributed by atoms with van der Waals surface area (Å²) in [5.74, 6) is 0.173. The first-order chi connectivity index (χ1) is 12.6. The molecule has 0 saturated carbocycles. The Balaban J connectivity index is 1.45. The fourth-order valence-corrected chi connectivity index (χ4v) is 5.53. The molecule has 0 bridgehead atoms. The Morgan fingerprint density at radius 3 is 3.00 bits per heavy atom. The summed E-state index contributed by atoms with van der Waals surface area (Å²) in [5, 5.41) is 5.33. The largest absolute Gasteiger partial charge is 0.338 e. The van der Waals surface area contributed by atoms with Gasteiger partial charge in [0.05, 0.1) is 22.8 Å². The molecule has 0 N–H and O–H groups in total. The molecule has 3 heterocycles. The van der Waals surface area contributed by atoms with Crippen LogP contribution in [0.2, 0.25) is 0 Å². The smallest absolute Gasteiger partial charge is 0.239 e. The number of thiophene rings is 1. The third-order valence-electron chi connectivity index (χ3n) is 5.16. The number of nitrogens with zero attached hydrogens (tertiary/aromatic N) is 3. The van der Waals surface area contributed by atoms with E-state index in [0.29, 0.717) is 12.6 Å². The Morgan fingerprint density at radius 2 is 2.23 bits per heavy atom. The van der Waals surface area contributed by atoms with Crippen LogP contribution in [0.1, 0.15) is 36.4 Å². The van der Waals surface area contributed by atoms with Crippen molar-refractivity contribution in [3.05, 3.63) is 51.7 Å². The van der Waals surface area contributed by atoms with Gasteiger partial charge < -0.3 is 4.90 Å². The number of amides is 1. The van der Waals surface area contributed by atoms with Gasteiger partial charge in [0.1, 0.15) is 5.01 Å². The fraction of sp³-hybridized carbons (Fsp3) is 0.400. The average Bonchev–Trinajstić information content (AvgIpc) is 3.38. The van der Waals surface area contributed by atoms with Crippen molar-refractivity contribution in [3.63, 3.8) is 0 Å². The zero-order chi connectivity index (χ0) is 18.1. The maximum atomic E-state index is 13.0.